The SMILES string of the molecule is CC(C)(C)C1=CC2(C=C(C(C)(C)C)C1=O)CCC(=O)C2=O. The molecule has 0 aliphatic heterocycles. The summed E-state index contributed by atoms with van der Waals surface area (Å²) >= 11 is 0. The third kappa shape index (κ3) is 2.54. The highest BCUT2D eigenvalue weighted by Crippen LogP contribution is 2.47. The first-order valence-electron chi connectivity index (χ1n) is 7.47. The largest absolute Gasteiger partial charge is 0.291 e. The van der Waals surface area contributed by atoms with Gasteiger partial charge in [0.2, 0.25) is 5.78 Å². The Bertz CT molecular complexity index is 555. The summed E-state index contributed by atoms with van der Waals surface area (Å²) in [6, 6.07) is 0. The van der Waals surface area contributed by atoms with Gasteiger partial charge in [0.1, 0.15) is 0 Å². The number of ketones is 3. The molecular formula is C18H24O3. The molecule has 114 valence electrons. The van der Waals surface area contributed by atoms with Gasteiger partial charge in [-0.15, -0.1) is 0 Å². The van der Waals surface area contributed by atoms with Crippen LogP contribution in [0.5, 0.6) is 0 Å². The van der Waals surface area contributed by atoms with Crippen LogP contribution >= 0.6 is 0 Å². The Morgan fingerprint density at radius 1 is 0.857 bits per heavy atom. The summed E-state index contributed by atoms with van der Waals surface area (Å²) in [4.78, 5) is 36.9. The van der Waals surface area contributed by atoms with E-state index in [1.54, 1.807) is 12.2 Å². The van der Waals surface area contributed by atoms with Crippen LogP contribution in [-0.4, -0.2) is 17.3 Å². The molecule has 1 spiro atoms. The smallest absolute Gasteiger partial charge is 0.212 e. The highest BCUT2D eigenvalue weighted by molar-refractivity contribution is 6.42. The predicted octanol–water partition coefficient (Wildman–Crippen LogP) is 3.43. The van der Waals surface area contributed by atoms with Gasteiger partial charge < -0.3 is 0 Å². The predicted molar refractivity (Wildman–Crippen MR) is 81.8 cm³/mol. The maximum atomic E-state index is 12.8. The van der Waals surface area contributed by atoms with Crippen LogP contribution in [0.3, 0.4) is 0 Å². The third-order valence-electron chi connectivity index (χ3n) is 4.35. The van der Waals surface area contributed by atoms with Gasteiger partial charge in [-0.1, -0.05) is 53.7 Å². The Kier molecular flexibility index (Phi) is 3.39. The van der Waals surface area contributed by atoms with Gasteiger partial charge >= 0.3 is 0 Å². The van der Waals surface area contributed by atoms with E-state index in [4.69, 9.17) is 0 Å². The Hall–Kier alpha value is -1.51. The Balaban J connectivity index is 2.67. The lowest BCUT2D eigenvalue weighted by Gasteiger charge is -2.36. The first-order valence-corrected chi connectivity index (χ1v) is 7.47. The van der Waals surface area contributed by atoms with Crippen molar-refractivity contribution in [2.45, 2.75) is 54.4 Å². The highest BCUT2D eigenvalue weighted by Gasteiger charge is 2.49. The first kappa shape index (κ1) is 15.9. The molecule has 0 atom stereocenters. The fourth-order valence-corrected chi connectivity index (χ4v) is 3.03. The molecule has 0 aromatic carbocycles. The average Bonchev–Trinajstić information content (AvgIpc) is 2.58. The van der Waals surface area contributed by atoms with Gasteiger partial charge in [0.15, 0.2) is 11.6 Å². The van der Waals surface area contributed by atoms with Crippen LogP contribution in [-0.2, 0) is 14.4 Å². The minimum atomic E-state index is -0.893. The van der Waals surface area contributed by atoms with Gasteiger partial charge in [0, 0.05) is 17.6 Å². The van der Waals surface area contributed by atoms with Gasteiger partial charge in [0.05, 0.1) is 5.41 Å². The van der Waals surface area contributed by atoms with Gasteiger partial charge in [0.25, 0.3) is 0 Å². The van der Waals surface area contributed by atoms with Crippen molar-refractivity contribution < 1.29 is 14.4 Å². The van der Waals surface area contributed by atoms with E-state index in [1.165, 1.54) is 0 Å². The molecule has 0 aromatic rings. The fraction of sp³-hybridized carbons (Fsp3) is 0.611. The Labute approximate surface area is 126 Å². The monoisotopic (exact) mass is 288 g/mol. The van der Waals surface area contributed by atoms with Crippen LogP contribution in [0.15, 0.2) is 23.3 Å². The van der Waals surface area contributed by atoms with Crippen molar-refractivity contribution in [3.63, 3.8) is 0 Å². The maximum absolute atomic E-state index is 12.8. The third-order valence-corrected chi connectivity index (χ3v) is 4.35. The molecule has 2 aliphatic carbocycles. The lowest BCUT2D eigenvalue weighted by atomic mass is 9.65. The number of Topliss-reactive ketones (excluding diaryl/α,β-unsaturated/α-hetero) is 3. The van der Waals surface area contributed by atoms with E-state index in [9.17, 15) is 14.4 Å². The lowest BCUT2D eigenvalue weighted by Crippen LogP contribution is -2.36. The van der Waals surface area contributed by atoms with E-state index in [0.29, 0.717) is 17.6 Å². The number of carbonyl (C=O) groups is 3. The summed E-state index contributed by atoms with van der Waals surface area (Å²) in [5.74, 6) is -0.676. The Morgan fingerprint density at radius 2 is 1.29 bits per heavy atom. The molecule has 3 heteroatoms. The molecule has 21 heavy (non-hydrogen) atoms. The molecule has 0 N–H and O–H groups in total. The minimum absolute atomic E-state index is 0.00720. The number of hydrogen-bond acceptors (Lipinski definition) is 3. The maximum Gasteiger partial charge on any atom is 0.212 e. The number of hydrogen-bond donors (Lipinski definition) is 0. The van der Waals surface area contributed by atoms with Crippen molar-refractivity contribution in [3.05, 3.63) is 23.3 Å². The zero-order valence-corrected chi connectivity index (χ0v) is 13.8. The van der Waals surface area contributed by atoms with Crippen molar-refractivity contribution in [2.24, 2.45) is 16.2 Å². The van der Waals surface area contributed by atoms with Crippen molar-refractivity contribution in [1.29, 1.82) is 0 Å². The van der Waals surface area contributed by atoms with Gasteiger partial charge in [-0.05, 0) is 17.3 Å². The molecule has 0 amide bonds. The standard InChI is InChI=1S/C18H24O3/c1-16(2,3)11-9-18(8-7-13(19)15(18)21)10-12(14(11)20)17(4,5)6/h9-10H,7-8H2,1-6H3. The van der Waals surface area contributed by atoms with Crippen LogP contribution < -0.4 is 0 Å². The van der Waals surface area contributed by atoms with E-state index in [0.717, 1.165) is 0 Å². The first-order chi connectivity index (χ1) is 9.38. The van der Waals surface area contributed by atoms with Crippen LogP contribution in [0, 0.1) is 16.2 Å². The van der Waals surface area contributed by atoms with E-state index < -0.39 is 5.41 Å². The number of allylic oxidation sites excluding steroid dienone is 4. The Morgan fingerprint density at radius 3 is 1.57 bits per heavy atom. The zero-order chi connectivity index (χ0) is 16.2. The molecule has 0 bridgehead atoms. The second-order valence-electron chi connectivity index (χ2n) is 8.24. The quantitative estimate of drug-likeness (QED) is 0.642. The zero-order valence-electron chi connectivity index (χ0n) is 13.8. The number of rotatable bonds is 0. The molecule has 1 saturated carbocycles. The molecule has 2 rings (SSSR count). The normalized spacial score (nSPS) is 22.7. The van der Waals surface area contributed by atoms with Gasteiger partial charge in [-0.3, -0.25) is 14.4 Å². The molecular weight excluding hydrogens is 264 g/mol. The van der Waals surface area contributed by atoms with E-state index in [1.807, 2.05) is 41.5 Å². The lowest BCUT2D eigenvalue weighted by molar-refractivity contribution is -0.136. The molecule has 1 fully saturated rings. The summed E-state index contributed by atoms with van der Waals surface area (Å²) in [6.07, 6.45) is 4.28. The molecule has 0 aromatic heterocycles. The molecule has 0 heterocycles. The van der Waals surface area contributed by atoms with Crippen LogP contribution in [0.25, 0.3) is 0 Å². The summed E-state index contributed by atoms with van der Waals surface area (Å²) in [5, 5.41) is 0. The van der Waals surface area contributed by atoms with Crippen LogP contribution in [0.4, 0.5) is 0 Å². The summed E-state index contributed by atoms with van der Waals surface area (Å²) in [7, 11) is 0. The molecule has 0 radical (unpaired) electrons. The topological polar surface area (TPSA) is 51.2 Å². The van der Waals surface area contributed by atoms with Gasteiger partial charge in [-0.25, -0.2) is 0 Å². The summed E-state index contributed by atoms with van der Waals surface area (Å²) in [5.41, 5.74) is -0.284. The molecule has 0 saturated heterocycles. The summed E-state index contributed by atoms with van der Waals surface area (Å²) in [6.45, 7) is 11.8. The van der Waals surface area contributed by atoms with Gasteiger partial charge in [-0.2, -0.15) is 0 Å². The van der Waals surface area contributed by atoms with E-state index >= 15 is 0 Å². The van der Waals surface area contributed by atoms with Crippen molar-refractivity contribution in [3.8, 4) is 0 Å². The van der Waals surface area contributed by atoms with Crippen molar-refractivity contribution in [2.75, 3.05) is 0 Å². The fourth-order valence-electron chi connectivity index (χ4n) is 3.03. The highest BCUT2D eigenvalue weighted by atomic mass is 16.2. The van der Waals surface area contributed by atoms with E-state index in [-0.39, 0.29) is 34.6 Å². The molecule has 0 unspecified atom stereocenters. The van der Waals surface area contributed by atoms with Crippen LogP contribution in [0.2, 0.25) is 0 Å². The number of carbonyl (C=O) groups excluding carboxylic acids is 3. The van der Waals surface area contributed by atoms with Crippen LogP contribution in [0.1, 0.15) is 54.4 Å². The minimum Gasteiger partial charge on any atom is -0.291 e. The molecule has 2 aliphatic rings. The summed E-state index contributed by atoms with van der Waals surface area (Å²) < 4.78 is 0. The average molecular weight is 288 g/mol. The molecule has 3 nitrogen and oxygen atoms in total. The van der Waals surface area contributed by atoms with Crippen molar-refractivity contribution >= 4 is 17.3 Å². The van der Waals surface area contributed by atoms with Crippen molar-refractivity contribution in [1.82, 2.24) is 0 Å². The second kappa shape index (κ2) is 4.49. The van der Waals surface area contributed by atoms with E-state index in [2.05, 4.69) is 0 Å². The second-order valence-corrected chi connectivity index (χ2v) is 8.24.